The van der Waals surface area contributed by atoms with Gasteiger partial charge in [-0.05, 0) is 42.9 Å². The Morgan fingerprint density at radius 2 is 2.00 bits per heavy atom. The Morgan fingerprint density at radius 3 is 3.00 bits per heavy atom. The van der Waals surface area contributed by atoms with Crippen molar-refractivity contribution >= 4 is 0 Å². The normalized spacial score (nSPS) is 36.9. The standard InChI is InChI=1S/C15H19N/c1-2-6-13-12(4-1)10-16-9-8-11-5-3-7-14(13)15(11)16/h1-2,4,6,11,14-15H,3,5,7-10H2/t11-,14-,15?/m0/s1. The summed E-state index contributed by atoms with van der Waals surface area (Å²) in [5.74, 6) is 1.86. The molecule has 84 valence electrons. The predicted octanol–water partition coefficient (Wildman–Crippen LogP) is 3.16. The van der Waals surface area contributed by atoms with E-state index in [0.29, 0.717) is 0 Å². The van der Waals surface area contributed by atoms with E-state index in [0.717, 1.165) is 17.9 Å². The van der Waals surface area contributed by atoms with Gasteiger partial charge in [-0.1, -0.05) is 30.7 Å². The molecular formula is C15H19N. The topological polar surface area (TPSA) is 3.24 Å². The summed E-state index contributed by atoms with van der Waals surface area (Å²) in [5, 5.41) is 0. The molecule has 1 nitrogen and oxygen atoms in total. The van der Waals surface area contributed by atoms with E-state index in [2.05, 4.69) is 29.2 Å². The quantitative estimate of drug-likeness (QED) is 0.640. The van der Waals surface area contributed by atoms with Crippen LogP contribution >= 0.6 is 0 Å². The van der Waals surface area contributed by atoms with E-state index in [1.165, 1.54) is 38.8 Å². The molecule has 1 saturated carbocycles. The molecule has 1 aliphatic carbocycles. The lowest BCUT2D eigenvalue weighted by molar-refractivity contribution is 0.135. The minimum atomic E-state index is 0.853. The van der Waals surface area contributed by atoms with Crippen molar-refractivity contribution in [1.82, 2.24) is 4.90 Å². The zero-order valence-corrected chi connectivity index (χ0v) is 9.73. The summed E-state index contributed by atoms with van der Waals surface area (Å²) in [5.41, 5.74) is 3.28. The number of fused-ring (bicyclic) bond motifs is 2. The van der Waals surface area contributed by atoms with Crippen LogP contribution in [0.15, 0.2) is 24.3 Å². The highest BCUT2D eigenvalue weighted by atomic mass is 15.2. The van der Waals surface area contributed by atoms with Crippen molar-refractivity contribution in [3.05, 3.63) is 35.4 Å². The van der Waals surface area contributed by atoms with E-state index < -0.39 is 0 Å². The van der Waals surface area contributed by atoms with Gasteiger partial charge in [0.25, 0.3) is 0 Å². The van der Waals surface area contributed by atoms with Gasteiger partial charge in [0, 0.05) is 18.5 Å². The molecule has 3 aliphatic rings. The van der Waals surface area contributed by atoms with E-state index in [1.807, 2.05) is 0 Å². The molecule has 1 saturated heterocycles. The lowest BCUT2D eigenvalue weighted by Gasteiger charge is -2.43. The lowest BCUT2D eigenvalue weighted by atomic mass is 9.71. The van der Waals surface area contributed by atoms with Crippen LogP contribution in [0.5, 0.6) is 0 Å². The van der Waals surface area contributed by atoms with Crippen LogP contribution in [0.25, 0.3) is 0 Å². The summed E-state index contributed by atoms with van der Waals surface area (Å²) >= 11 is 0. The smallest absolute Gasteiger partial charge is 0.0239 e. The second-order valence-electron chi connectivity index (χ2n) is 5.75. The predicted molar refractivity (Wildman–Crippen MR) is 65.3 cm³/mol. The molecule has 4 rings (SSSR count). The largest absolute Gasteiger partial charge is 0.295 e. The molecule has 0 aromatic heterocycles. The third-order valence-corrected chi connectivity index (χ3v) is 5.02. The monoisotopic (exact) mass is 213 g/mol. The summed E-state index contributed by atoms with van der Waals surface area (Å²) in [6, 6.07) is 10.1. The van der Waals surface area contributed by atoms with Crippen molar-refractivity contribution in [3.8, 4) is 0 Å². The van der Waals surface area contributed by atoms with E-state index in [9.17, 15) is 0 Å². The van der Waals surface area contributed by atoms with Crippen LogP contribution < -0.4 is 0 Å². The summed E-state index contributed by atoms with van der Waals surface area (Å²) in [6.45, 7) is 2.56. The third-order valence-electron chi connectivity index (χ3n) is 5.02. The van der Waals surface area contributed by atoms with Crippen LogP contribution in [0, 0.1) is 5.92 Å². The van der Waals surface area contributed by atoms with Gasteiger partial charge in [0.15, 0.2) is 0 Å². The molecular weight excluding hydrogens is 194 g/mol. The van der Waals surface area contributed by atoms with E-state index >= 15 is 0 Å². The average molecular weight is 213 g/mol. The van der Waals surface area contributed by atoms with E-state index in [4.69, 9.17) is 0 Å². The molecule has 0 N–H and O–H groups in total. The van der Waals surface area contributed by atoms with Gasteiger partial charge in [0.1, 0.15) is 0 Å². The van der Waals surface area contributed by atoms with Gasteiger partial charge in [-0.25, -0.2) is 0 Å². The van der Waals surface area contributed by atoms with Crippen molar-refractivity contribution in [1.29, 1.82) is 0 Å². The first-order valence-corrected chi connectivity index (χ1v) is 6.75. The molecule has 2 aliphatic heterocycles. The summed E-state index contributed by atoms with van der Waals surface area (Å²) in [4.78, 5) is 2.76. The molecule has 1 aromatic carbocycles. The lowest BCUT2D eigenvalue weighted by Crippen LogP contribution is -2.43. The molecule has 1 aromatic rings. The zero-order chi connectivity index (χ0) is 10.5. The van der Waals surface area contributed by atoms with Crippen LogP contribution in [0.3, 0.4) is 0 Å². The molecule has 2 fully saturated rings. The number of nitrogens with zero attached hydrogens (tertiary/aromatic N) is 1. The fourth-order valence-electron chi connectivity index (χ4n) is 4.40. The highest BCUT2D eigenvalue weighted by molar-refractivity contribution is 5.35. The van der Waals surface area contributed by atoms with Gasteiger partial charge in [0.05, 0.1) is 0 Å². The molecule has 0 bridgehead atoms. The number of hydrogen-bond acceptors (Lipinski definition) is 1. The van der Waals surface area contributed by atoms with Crippen LogP contribution in [0.2, 0.25) is 0 Å². The Kier molecular flexibility index (Phi) is 1.92. The van der Waals surface area contributed by atoms with Gasteiger partial charge in [-0.15, -0.1) is 0 Å². The SMILES string of the molecule is c1ccc2c(c1)CN1CC[C@@H]3CCC[C@@H]2C31. The minimum absolute atomic E-state index is 0.853. The number of rotatable bonds is 0. The van der Waals surface area contributed by atoms with Crippen LogP contribution in [0.4, 0.5) is 0 Å². The Hall–Kier alpha value is -0.820. The van der Waals surface area contributed by atoms with Crippen molar-refractivity contribution in [3.63, 3.8) is 0 Å². The van der Waals surface area contributed by atoms with Gasteiger partial charge in [-0.2, -0.15) is 0 Å². The zero-order valence-electron chi connectivity index (χ0n) is 9.73. The molecule has 0 radical (unpaired) electrons. The highest BCUT2D eigenvalue weighted by Gasteiger charge is 2.45. The Morgan fingerprint density at radius 1 is 1.06 bits per heavy atom. The number of hydrogen-bond donors (Lipinski definition) is 0. The van der Waals surface area contributed by atoms with Crippen molar-refractivity contribution in [2.75, 3.05) is 6.54 Å². The second kappa shape index (κ2) is 3.33. The number of benzene rings is 1. The molecule has 16 heavy (non-hydrogen) atoms. The molecule has 3 atom stereocenters. The molecule has 1 heteroatoms. The first-order chi connectivity index (χ1) is 7.93. The van der Waals surface area contributed by atoms with Gasteiger partial charge in [0.2, 0.25) is 0 Å². The first-order valence-electron chi connectivity index (χ1n) is 6.75. The van der Waals surface area contributed by atoms with Gasteiger partial charge < -0.3 is 0 Å². The Labute approximate surface area is 97.5 Å². The second-order valence-corrected chi connectivity index (χ2v) is 5.75. The summed E-state index contributed by atoms with van der Waals surface area (Å²) < 4.78 is 0. The highest BCUT2D eigenvalue weighted by Crippen LogP contribution is 2.48. The maximum absolute atomic E-state index is 2.76. The Balaban J connectivity index is 1.82. The maximum Gasteiger partial charge on any atom is 0.0239 e. The maximum atomic E-state index is 2.76. The van der Waals surface area contributed by atoms with E-state index in [1.54, 1.807) is 11.1 Å². The molecule has 0 spiro atoms. The van der Waals surface area contributed by atoms with Crippen LogP contribution in [-0.4, -0.2) is 17.5 Å². The van der Waals surface area contributed by atoms with Gasteiger partial charge in [-0.3, -0.25) is 4.90 Å². The molecule has 0 amide bonds. The van der Waals surface area contributed by atoms with Crippen molar-refractivity contribution < 1.29 is 0 Å². The first kappa shape index (κ1) is 9.23. The van der Waals surface area contributed by atoms with Gasteiger partial charge >= 0.3 is 0 Å². The fraction of sp³-hybridized carbons (Fsp3) is 0.600. The van der Waals surface area contributed by atoms with E-state index in [-0.39, 0.29) is 0 Å². The molecule has 1 unspecified atom stereocenters. The fourth-order valence-corrected chi connectivity index (χ4v) is 4.40. The van der Waals surface area contributed by atoms with Crippen LogP contribution in [-0.2, 0) is 6.54 Å². The third kappa shape index (κ3) is 1.15. The summed E-state index contributed by atoms with van der Waals surface area (Å²) in [7, 11) is 0. The molecule has 2 heterocycles. The minimum Gasteiger partial charge on any atom is -0.295 e. The average Bonchev–Trinajstić information content (AvgIpc) is 2.75. The Bertz CT molecular complexity index is 412. The van der Waals surface area contributed by atoms with Crippen LogP contribution in [0.1, 0.15) is 42.7 Å². The van der Waals surface area contributed by atoms with Crippen molar-refractivity contribution in [2.45, 2.75) is 44.2 Å². The van der Waals surface area contributed by atoms with Crippen molar-refractivity contribution in [2.24, 2.45) is 5.92 Å². The summed E-state index contributed by atoms with van der Waals surface area (Å²) in [6.07, 6.45) is 5.82.